The topological polar surface area (TPSA) is 64.7 Å². The Balaban J connectivity index is 2.08. The van der Waals surface area contributed by atoms with E-state index in [4.69, 9.17) is 0 Å². The van der Waals surface area contributed by atoms with Gasteiger partial charge in [-0.05, 0) is 29.8 Å². The van der Waals surface area contributed by atoms with E-state index in [0.717, 1.165) is 22.4 Å². The molecule has 2 heterocycles. The molecule has 2 rings (SSSR count). The van der Waals surface area contributed by atoms with E-state index in [0.29, 0.717) is 12.1 Å². The lowest BCUT2D eigenvalue weighted by Gasteiger charge is -2.07. The summed E-state index contributed by atoms with van der Waals surface area (Å²) >= 11 is 3.43. The molecule has 0 bridgehead atoms. The minimum absolute atomic E-state index is 0.124. The second kappa shape index (κ2) is 5.56. The van der Waals surface area contributed by atoms with Gasteiger partial charge in [0.15, 0.2) is 0 Å². The van der Waals surface area contributed by atoms with E-state index < -0.39 is 0 Å². The van der Waals surface area contributed by atoms with Crippen LogP contribution in [0.15, 0.2) is 16.9 Å². The second-order valence-electron chi connectivity index (χ2n) is 4.24. The van der Waals surface area contributed by atoms with Crippen LogP contribution >= 0.6 is 15.9 Å². The Morgan fingerprint density at radius 3 is 2.84 bits per heavy atom. The van der Waals surface area contributed by atoms with Gasteiger partial charge in [-0.25, -0.2) is 0 Å². The predicted octanol–water partition coefficient (Wildman–Crippen LogP) is 1.64. The summed E-state index contributed by atoms with van der Waals surface area (Å²) in [5.74, 6) is -0.124. The van der Waals surface area contributed by atoms with Crippen LogP contribution in [0.4, 0.5) is 0 Å². The van der Waals surface area contributed by atoms with Crippen molar-refractivity contribution in [3.05, 3.63) is 33.8 Å². The number of nitrogens with one attached hydrogen (secondary N) is 1. The molecule has 0 atom stereocenters. The zero-order valence-electron chi connectivity index (χ0n) is 11.1. The summed E-state index contributed by atoms with van der Waals surface area (Å²) in [7, 11) is 1.80. The van der Waals surface area contributed by atoms with E-state index in [-0.39, 0.29) is 5.91 Å². The predicted molar refractivity (Wildman–Crippen MR) is 74.7 cm³/mol. The van der Waals surface area contributed by atoms with Crippen LogP contribution in [0.5, 0.6) is 0 Å². The van der Waals surface area contributed by atoms with Gasteiger partial charge in [-0.3, -0.25) is 14.2 Å². The molecule has 1 amide bonds. The number of halogens is 1. The lowest BCUT2D eigenvalue weighted by Crippen LogP contribution is -2.24. The summed E-state index contributed by atoms with van der Waals surface area (Å²) in [5.41, 5.74) is 2.28. The molecule has 0 radical (unpaired) electrons. The van der Waals surface area contributed by atoms with Crippen LogP contribution in [0.2, 0.25) is 0 Å². The number of carbonyl (C=O) groups excluding carboxylic acids is 1. The quantitative estimate of drug-likeness (QED) is 0.929. The molecule has 0 spiro atoms. The minimum Gasteiger partial charge on any atom is -0.346 e. The molecule has 0 fully saturated rings. The van der Waals surface area contributed by atoms with Gasteiger partial charge >= 0.3 is 0 Å². The van der Waals surface area contributed by atoms with Crippen molar-refractivity contribution in [3.8, 4) is 0 Å². The number of aromatic nitrogens is 4. The molecule has 0 aliphatic rings. The van der Waals surface area contributed by atoms with Crippen LogP contribution in [0.25, 0.3) is 0 Å². The van der Waals surface area contributed by atoms with Gasteiger partial charge in [0, 0.05) is 19.8 Å². The summed E-state index contributed by atoms with van der Waals surface area (Å²) in [6.45, 7) is 5.03. The van der Waals surface area contributed by atoms with Crippen LogP contribution in [-0.2, 0) is 20.1 Å². The zero-order valence-corrected chi connectivity index (χ0v) is 12.7. The van der Waals surface area contributed by atoms with Gasteiger partial charge in [-0.1, -0.05) is 0 Å². The highest BCUT2D eigenvalue weighted by Crippen LogP contribution is 2.16. The summed E-state index contributed by atoms with van der Waals surface area (Å²) in [6, 6.07) is 0. The highest BCUT2D eigenvalue weighted by Gasteiger charge is 2.14. The number of hydrogen-bond donors (Lipinski definition) is 1. The molecule has 0 aromatic carbocycles. The molecule has 1 N–H and O–H groups in total. The molecule has 102 valence electrons. The maximum atomic E-state index is 12.1. The van der Waals surface area contributed by atoms with Crippen LogP contribution in [0.3, 0.4) is 0 Å². The third kappa shape index (κ3) is 2.86. The largest absolute Gasteiger partial charge is 0.346 e. The Labute approximate surface area is 119 Å². The maximum absolute atomic E-state index is 12.1. The van der Waals surface area contributed by atoms with Crippen molar-refractivity contribution in [2.24, 2.45) is 7.05 Å². The first kappa shape index (κ1) is 13.8. The molecule has 0 aliphatic heterocycles. The summed E-state index contributed by atoms with van der Waals surface area (Å²) in [4.78, 5) is 12.1. The van der Waals surface area contributed by atoms with E-state index in [2.05, 4.69) is 31.4 Å². The number of aryl methyl sites for hydroxylation is 3. The van der Waals surface area contributed by atoms with Crippen molar-refractivity contribution >= 4 is 21.8 Å². The molecule has 6 nitrogen and oxygen atoms in total. The average molecular weight is 326 g/mol. The standard InChI is InChI=1S/C12H16BrN5O/c1-4-18-11(10(13)5-15-18)6-14-12(19)9-7-17(3)16-8(9)2/h5,7H,4,6H2,1-3H3,(H,14,19). The highest BCUT2D eigenvalue weighted by molar-refractivity contribution is 9.10. The molecule has 0 aliphatic carbocycles. The van der Waals surface area contributed by atoms with Crippen LogP contribution in [0.1, 0.15) is 28.7 Å². The van der Waals surface area contributed by atoms with Gasteiger partial charge in [-0.15, -0.1) is 0 Å². The smallest absolute Gasteiger partial charge is 0.255 e. The van der Waals surface area contributed by atoms with Crippen molar-refractivity contribution in [1.82, 2.24) is 24.9 Å². The Hall–Kier alpha value is -1.63. The SMILES string of the molecule is CCn1ncc(Br)c1CNC(=O)c1cn(C)nc1C. The molecule has 7 heteroatoms. The van der Waals surface area contributed by atoms with E-state index in [9.17, 15) is 4.79 Å². The molecule has 2 aromatic heterocycles. The summed E-state index contributed by atoms with van der Waals surface area (Å²) in [5, 5.41) is 11.3. The molecule has 0 saturated carbocycles. The van der Waals surface area contributed by atoms with Gasteiger partial charge in [0.2, 0.25) is 0 Å². The second-order valence-corrected chi connectivity index (χ2v) is 5.09. The monoisotopic (exact) mass is 325 g/mol. The third-order valence-corrected chi connectivity index (χ3v) is 3.53. The van der Waals surface area contributed by atoms with Crippen LogP contribution < -0.4 is 5.32 Å². The molecular formula is C12H16BrN5O. The number of rotatable bonds is 4. The van der Waals surface area contributed by atoms with Crippen LogP contribution in [-0.4, -0.2) is 25.5 Å². The van der Waals surface area contributed by atoms with Gasteiger partial charge in [0.25, 0.3) is 5.91 Å². The highest BCUT2D eigenvalue weighted by atomic mass is 79.9. The fraction of sp³-hybridized carbons (Fsp3) is 0.417. The Kier molecular flexibility index (Phi) is 4.04. The molecule has 0 saturated heterocycles. The molecule has 2 aromatic rings. The molecule has 19 heavy (non-hydrogen) atoms. The van der Waals surface area contributed by atoms with Crippen molar-refractivity contribution in [3.63, 3.8) is 0 Å². The van der Waals surface area contributed by atoms with E-state index >= 15 is 0 Å². The van der Waals surface area contributed by atoms with Gasteiger partial charge in [0.1, 0.15) is 0 Å². The van der Waals surface area contributed by atoms with Crippen molar-refractivity contribution in [1.29, 1.82) is 0 Å². The zero-order chi connectivity index (χ0) is 14.0. The first-order valence-corrected chi connectivity index (χ1v) is 6.80. The molecule has 0 unspecified atom stereocenters. The number of hydrogen-bond acceptors (Lipinski definition) is 3. The first-order valence-electron chi connectivity index (χ1n) is 6.01. The Morgan fingerprint density at radius 2 is 2.26 bits per heavy atom. The average Bonchev–Trinajstić information content (AvgIpc) is 2.89. The molecular weight excluding hydrogens is 310 g/mol. The fourth-order valence-corrected chi connectivity index (χ4v) is 2.35. The minimum atomic E-state index is -0.124. The van der Waals surface area contributed by atoms with E-state index in [1.54, 1.807) is 24.1 Å². The van der Waals surface area contributed by atoms with Gasteiger partial charge in [0.05, 0.1) is 34.2 Å². The van der Waals surface area contributed by atoms with Crippen molar-refractivity contribution in [2.45, 2.75) is 26.9 Å². The lowest BCUT2D eigenvalue weighted by atomic mass is 10.2. The Bertz CT molecular complexity index is 601. The number of nitrogens with zero attached hydrogens (tertiary/aromatic N) is 4. The normalized spacial score (nSPS) is 10.7. The van der Waals surface area contributed by atoms with Crippen molar-refractivity contribution in [2.75, 3.05) is 0 Å². The van der Waals surface area contributed by atoms with E-state index in [1.807, 2.05) is 18.5 Å². The lowest BCUT2D eigenvalue weighted by molar-refractivity contribution is 0.0949. The van der Waals surface area contributed by atoms with Crippen molar-refractivity contribution < 1.29 is 4.79 Å². The summed E-state index contributed by atoms with van der Waals surface area (Å²) < 4.78 is 4.38. The first-order chi connectivity index (χ1) is 9.02. The maximum Gasteiger partial charge on any atom is 0.255 e. The fourth-order valence-electron chi connectivity index (χ4n) is 1.92. The van der Waals surface area contributed by atoms with E-state index in [1.165, 1.54) is 0 Å². The van der Waals surface area contributed by atoms with Crippen LogP contribution in [0, 0.1) is 6.92 Å². The number of amides is 1. The third-order valence-electron chi connectivity index (χ3n) is 2.87. The van der Waals surface area contributed by atoms with Gasteiger partial charge in [-0.2, -0.15) is 10.2 Å². The van der Waals surface area contributed by atoms with Gasteiger partial charge < -0.3 is 5.32 Å². The summed E-state index contributed by atoms with van der Waals surface area (Å²) in [6.07, 6.45) is 3.46. The Morgan fingerprint density at radius 1 is 1.53 bits per heavy atom. The number of carbonyl (C=O) groups is 1.